The van der Waals surface area contributed by atoms with Crippen molar-refractivity contribution >= 4 is 51.1 Å². The number of guanidine groups is 1. The van der Waals surface area contributed by atoms with Crippen LogP contribution in [0.15, 0.2) is 51.7 Å². The normalized spacial score (nSPS) is 12.4. The molecule has 0 saturated heterocycles. The number of nitrogens with one attached hydrogen (secondary N) is 2. The standard InChI is InChI=1S/C20H29N3O2S2.HI/c1-5-21-19(23-15-20(2,3)18-7-6-14-26-18)22-13-12-16-8-10-17(11-9-16)27(4,24)25;/h6-11,14H,5,12-13,15H2,1-4H3,(H2,21,22,23);1H. The molecule has 0 unspecified atom stereocenters. The number of hydrogen-bond donors (Lipinski definition) is 2. The summed E-state index contributed by atoms with van der Waals surface area (Å²) in [5.74, 6) is 0.801. The summed E-state index contributed by atoms with van der Waals surface area (Å²) in [5, 5.41) is 8.73. The van der Waals surface area contributed by atoms with Crippen molar-refractivity contribution < 1.29 is 8.42 Å². The first-order valence-corrected chi connectivity index (χ1v) is 11.8. The smallest absolute Gasteiger partial charge is 0.191 e. The van der Waals surface area contributed by atoms with E-state index in [0.29, 0.717) is 11.4 Å². The molecule has 0 spiro atoms. The van der Waals surface area contributed by atoms with Gasteiger partial charge in [0.05, 0.1) is 11.4 Å². The van der Waals surface area contributed by atoms with Crippen molar-refractivity contribution in [3.8, 4) is 0 Å². The number of rotatable bonds is 8. The fourth-order valence-electron chi connectivity index (χ4n) is 2.59. The van der Waals surface area contributed by atoms with Crippen molar-refractivity contribution in [2.75, 3.05) is 25.9 Å². The first-order valence-electron chi connectivity index (χ1n) is 9.07. The number of aliphatic imine (C=N–C) groups is 1. The molecule has 156 valence electrons. The summed E-state index contributed by atoms with van der Waals surface area (Å²) in [6, 6.07) is 11.3. The predicted molar refractivity (Wildman–Crippen MR) is 130 cm³/mol. The van der Waals surface area contributed by atoms with Gasteiger partial charge in [-0.05, 0) is 42.5 Å². The van der Waals surface area contributed by atoms with Crippen molar-refractivity contribution in [2.24, 2.45) is 4.99 Å². The molecule has 0 radical (unpaired) electrons. The summed E-state index contributed by atoms with van der Waals surface area (Å²) < 4.78 is 23.0. The zero-order valence-corrected chi connectivity index (χ0v) is 20.8. The zero-order chi connectivity index (χ0) is 19.9. The molecule has 28 heavy (non-hydrogen) atoms. The molecular formula is C20H30IN3O2S2. The van der Waals surface area contributed by atoms with Crippen molar-refractivity contribution in [2.45, 2.75) is 37.5 Å². The van der Waals surface area contributed by atoms with Gasteiger partial charge in [0.1, 0.15) is 0 Å². The second kappa shape index (κ2) is 11.2. The van der Waals surface area contributed by atoms with Crippen LogP contribution in [0.25, 0.3) is 0 Å². The quantitative estimate of drug-likeness (QED) is 0.306. The Bertz CT molecular complexity index is 846. The van der Waals surface area contributed by atoms with E-state index < -0.39 is 9.84 Å². The van der Waals surface area contributed by atoms with E-state index in [4.69, 9.17) is 4.99 Å². The summed E-state index contributed by atoms with van der Waals surface area (Å²) in [7, 11) is -3.14. The van der Waals surface area contributed by atoms with E-state index >= 15 is 0 Å². The molecule has 1 heterocycles. The van der Waals surface area contributed by atoms with E-state index in [1.54, 1.807) is 23.5 Å². The summed E-state index contributed by atoms with van der Waals surface area (Å²) in [4.78, 5) is 6.42. The molecule has 0 bridgehead atoms. The number of halogens is 1. The molecule has 0 aliphatic rings. The van der Waals surface area contributed by atoms with Crippen LogP contribution in [0.5, 0.6) is 0 Å². The van der Waals surface area contributed by atoms with E-state index in [0.717, 1.165) is 31.0 Å². The minimum absolute atomic E-state index is 0. The number of thiophene rings is 1. The fraction of sp³-hybridized carbons (Fsp3) is 0.450. The zero-order valence-electron chi connectivity index (χ0n) is 16.9. The van der Waals surface area contributed by atoms with Gasteiger partial charge in [-0.2, -0.15) is 0 Å². The molecule has 0 amide bonds. The van der Waals surface area contributed by atoms with Gasteiger partial charge in [-0.1, -0.05) is 32.0 Å². The van der Waals surface area contributed by atoms with Crippen LogP contribution in [0.1, 0.15) is 31.2 Å². The average molecular weight is 536 g/mol. The van der Waals surface area contributed by atoms with E-state index in [-0.39, 0.29) is 29.4 Å². The number of nitrogens with zero attached hydrogens (tertiary/aromatic N) is 1. The highest BCUT2D eigenvalue weighted by molar-refractivity contribution is 14.0. The van der Waals surface area contributed by atoms with Gasteiger partial charge in [0.15, 0.2) is 15.8 Å². The average Bonchev–Trinajstić information content (AvgIpc) is 3.15. The molecule has 2 rings (SSSR count). The lowest BCUT2D eigenvalue weighted by Crippen LogP contribution is -2.39. The van der Waals surface area contributed by atoms with Gasteiger partial charge in [0.25, 0.3) is 0 Å². The van der Waals surface area contributed by atoms with Crippen LogP contribution in [0, 0.1) is 0 Å². The molecule has 0 saturated carbocycles. The first kappa shape index (κ1) is 24.9. The largest absolute Gasteiger partial charge is 0.357 e. The summed E-state index contributed by atoms with van der Waals surface area (Å²) in [6.07, 6.45) is 2.02. The first-order chi connectivity index (χ1) is 12.7. The maximum Gasteiger partial charge on any atom is 0.191 e. The third-order valence-corrected chi connectivity index (χ3v) is 6.59. The molecule has 8 heteroatoms. The Balaban J connectivity index is 0.00000392. The third kappa shape index (κ3) is 7.71. The van der Waals surface area contributed by atoms with Crippen LogP contribution in [0.3, 0.4) is 0 Å². The van der Waals surface area contributed by atoms with Crippen molar-refractivity contribution in [1.82, 2.24) is 10.6 Å². The topological polar surface area (TPSA) is 70.6 Å². The number of hydrogen-bond acceptors (Lipinski definition) is 4. The van der Waals surface area contributed by atoms with Crippen LogP contribution in [-0.4, -0.2) is 40.3 Å². The van der Waals surface area contributed by atoms with Crippen LogP contribution in [0.2, 0.25) is 0 Å². The molecule has 1 aromatic carbocycles. The summed E-state index contributed by atoms with van der Waals surface area (Å²) >= 11 is 1.76. The molecule has 0 atom stereocenters. The third-order valence-electron chi connectivity index (χ3n) is 4.22. The molecule has 0 aliphatic carbocycles. The minimum Gasteiger partial charge on any atom is -0.357 e. The van der Waals surface area contributed by atoms with Gasteiger partial charge in [-0.25, -0.2) is 8.42 Å². The number of benzene rings is 1. The Kier molecular flexibility index (Phi) is 9.92. The lowest BCUT2D eigenvalue weighted by molar-refractivity contribution is 0.548. The SMILES string of the molecule is CCNC(=NCC(C)(C)c1cccs1)NCCc1ccc(S(C)(=O)=O)cc1.I. The van der Waals surface area contributed by atoms with Crippen LogP contribution < -0.4 is 10.6 Å². The maximum atomic E-state index is 11.5. The van der Waals surface area contributed by atoms with Gasteiger partial charge in [0, 0.05) is 29.6 Å². The molecular weight excluding hydrogens is 505 g/mol. The van der Waals surface area contributed by atoms with Crippen molar-refractivity contribution in [3.05, 3.63) is 52.2 Å². The molecule has 2 aromatic rings. The van der Waals surface area contributed by atoms with Gasteiger partial charge in [-0.3, -0.25) is 4.99 Å². The van der Waals surface area contributed by atoms with Gasteiger partial charge in [-0.15, -0.1) is 35.3 Å². The highest BCUT2D eigenvalue weighted by atomic mass is 127. The van der Waals surface area contributed by atoms with E-state index in [1.807, 2.05) is 19.1 Å². The van der Waals surface area contributed by atoms with Crippen LogP contribution in [0.4, 0.5) is 0 Å². The van der Waals surface area contributed by atoms with Crippen molar-refractivity contribution in [3.63, 3.8) is 0 Å². The lowest BCUT2D eigenvalue weighted by atomic mass is 9.92. The lowest BCUT2D eigenvalue weighted by Gasteiger charge is -2.21. The summed E-state index contributed by atoms with van der Waals surface area (Å²) in [6.45, 7) is 8.68. The second-order valence-electron chi connectivity index (χ2n) is 7.15. The van der Waals surface area contributed by atoms with Crippen LogP contribution >= 0.6 is 35.3 Å². The minimum atomic E-state index is -3.14. The Morgan fingerprint density at radius 2 is 1.82 bits per heavy atom. The monoisotopic (exact) mass is 535 g/mol. The van der Waals surface area contributed by atoms with Gasteiger partial charge >= 0.3 is 0 Å². The highest BCUT2D eigenvalue weighted by Crippen LogP contribution is 2.27. The molecule has 0 aliphatic heterocycles. The fourth-order valence-corrected chi connectivity index (χ4v) is 4.06. The van der Waals surface area contributed by atoms with Crippen molar-refractivity contribution in [1.29, 1.82) is 0 Å². The highest BCUT2D eigenvalue weighted by Gasteiger charge is 2.21. The van der Waals surface area contributed by atoms with E-state index in [1.165, 1.54) is 11.1 Å². The Hall–Kier alpha value is -1.13. The molecule has 5 nitrogen and oxygen atoms in total. The van der Waals surface area contributed by atoms with E-state index in [2.05, 4.69) is 42.0 Å². The Morgan fingerprint density at radius 1 is 1.14 bits per heavy atom. The number of sulfone groups is 1. The predicted octanol–water partition coefficient (Wildman–Crippen LogP) is 3.85. The van der Waals surface area contributed by atoms with Gasteiger partial charge < -0.3 is 10.6 Å². The molecule has 2 N–H and O–H groups in total. The maximum absolute atomic E-state index is 11.5. The van der Waals surface area contributed by atoms with Crippen LogP contribution in [-0.2, 0) is 21.7 Å². The summed E-state index contributed by atoms with van der Waals surface area (Å²) in [5.41, 5.74) is 1.09. The Morgan fingerprint density at radius 3 is 2.36 bits per heavy atom. The van der Waals surface area contributed by atoms with Gasteiger partial charge in [0.2, 0.25) is 0 Å². The van der Waals surface area contributed by atoms with E-state index in [9.17, 15) is 8.42 Å². The second-order valence-corrected chi connectivity index (χ2v) is 10.1. The Labute approximate surface area is 190 Å². The molecule has 1 aromatic heterocycles. The molecule has 0 fully saturated rings.